The van der Waals surface area contributed by atoms with E-state index in [1.807, 2.05) is 24.3 Å². The second kappa shape index (κ2) is 9.87. The lowest BCUT2D eigenvalue weighted by atomic mass is 9.97. The highest BCUT2D eigenvalue weighted by molar-refractivity contribution is 7.22. The van der Waals surface area contributed by atoms with E-state index in [1.165, 1.54) is 4.70 Å². The number of nitrogens with one attached hydrogen (secondary N) is 2. The molecule has 0 bridgehead atoms. The standard InChI is InChI=1S/C23H28N4O3S/c1-29-19-8-7-17(13-20(19)30-2)15-25-22(28)24-14-16-9-11-27(12-10-16)23-26-18-5-3-4-6-21(18)31-23/h3-8,13,16H,9-12,14-15H2,1-2H3,(H2,24,25,28). The molecular weight excluding hydrogens is 412 g/mol. The van der Waals surface area contributed by atoms with Gasteiger partial charge in [0, 0.05) is 26.2 Å². The van der Waals surface area contributed by atoms with E-state index in [-0.39, 0.29) is 6.03 Å². The van der Waals surface area contributed by atoms with Crippen LogP contribution in [0.3, 0.4) is 0 Å². The number of ether oxygens (including phenoxy) is 2. The summed E-state index contributed by atoms with van der Waals surface area (Å²) in [7, 11) is 3.20. The van der Waals surface area contributed by atoms with E-state index in [0.717, 1.165) is 42.1 Å². The van der Waals surface area contributed by atoms with Crippen molar-refractivity contribution in [1.29, 1.82) is 0 Å². The molecule has 0 spiro atoms. The number of urea groups is 1. The van der Waals surface area contributed by atoms with Gasteiger partial charge in [0.25, 0.3) is 0 Å². The smallest absolute Gasteiger partial charge is 0.315 e. The highest BCUT2D eigenvalue weighted by Crippen LogP contribution is 2.31. The van der Waals surface area contributed by atoms with Gasteiger partial charge in [-0.05, 0) is 48.6 Å². The van der Waals surface area contributed by atoms with E-state index in [2.05, 4.69) is 33.7 Å². The number of thiazole rings is 1. The van der Waals surface area contributed by atoms with Crippen molar-refractivity contribution < 1.29 is 14.3 Å². The number of nitrogens with zero attached hydrogens (tertiary/aromatic N) is 2. The quantitative estimate of drug-likeness (QED) is 0.580. The fourth-order valence-electron chi connectivity index (χ4n) is 3.80. The Kier molecular flexibility index (Phi) is 6.76. The average Bonchev–Trinajstić information content (AvgIpc) is 3.26. The molecule has 8 heteroatoms. The Morgan fingerprint density at radius 3 is 2.61 bits per heavy atom. The fourth-order valence-corrected chi connectivity index (χ4v) is 4.81. The summed E-state index contributed by atoms with van der Waals surface area (Å²) in [5.41, 5.74) is 2.02. The van der Waals surface area contributed by atoms with Crippen LogP contribution in [0.25, 0.3) is 10.2 Å². The molecule has 0 unspecified atom stereocenters. The van der Waals surface area contributed by atoms with Gasteiger partial charge in [-0.15, -0.1) is 0 Å². The number of hydrogen-bond donors (Lipinski definition) is 2. The summed E-state index contributed by atoms with van der Waals surface area (Å²) in [6, 6.07) is 13.7. The van der Waals surface area contributed by atoms with Crippen LogP contribution < -0.4 is 25.0 Å². The molecule has 1 fully saturated rings. The highest BCUT2D eigenvalue weighted by Gasteiger charge is 2.22. The lowest BCUT2D eigenvalue weighted by Crippen LogP contribution is -2.41. The van der Waals surface area contributed by atoms with Crippen LogP contribution in [0.5, 0.6) is 11.5 Å². The molecule has 1 aromatic heterocycles. The molecule has 164 valence electrons. The van der Waals surface area contributed by atoms with Gasteiger partial charge in [-0.1, -0.05) is 29.5 Å². The third kappa shape index (κ3) is 5.19. The zero-order chi connectivity index (χ0) is 21.6. The number of carbonyl (C=O) groups excluding carboxylic acids is 1. The molecule has 1 aliphatic heterocycles. The summed E-state index contributed by atoms with van der Waals surface area (Å²) < 4.78 is 11.8. The minimum atomic E-state index is -0.150. The first-order chi connectivity index (χ1) is 15.2. The maximum atomic E-state index is 12.2. The molecule has 1 aliphatic rings. The van der Waals surface area contributed by atoms with Gasteiger partial charge >= 0.3 is 6.03 Å². The van der Waals surface area contributed by atoms with Crippen LogP contribution in [0.2, 0.25) is 0 Å². The highest BCUT2D eigenvalue weighted by atomic mass is 32.1. The summed E-state index contributed by atoms with van der Waals surface area (Å²) in [5, 5.41) is 7.02. The molecule has 0 radical (unpaired) electrons. The van der Waals surface area contributed by atoms with E-state index in [0.29, 0.717) is 30.5 Å². The van der Waals surface area contributed by atoms with Crippen molar-refractivity contribution in [3.05, 3.63) is 48.0 Å². The minimum absolute atomic E-state index is 0.150. The van der Waals surface area contributed by atoms with E-state index >= 15 is 0 Å². The number of hydrogen-bond acceptors (Lipinski definition) is 6. The first kappa shape index (κ1) is 21.2. The molecule has 1 saturated heterocycles. The summed E-state index contributed by atoms with van der Waals surface area (Å²) in [6.07, 6.45) is 2.10. The Bertz CT molecular complexity index is 998. The van der Waals surface area contributed by atoms with Crippen molar-refractivity contribution >= 4 is 32.7 Å². The fraction of sp³-hybridized carbons (Fsp3) is 0.391. The third-order valence-corrected chi connectivity index (χ3v) is 6.72. The minimum Gasteiger partial charge on any atom is -0.493 e. The van der Waals surface area contributed by atoms with Gasteiger partial charge in [0.1, 0.15) is 0 Å². The van der Waals surface area contributed by atoms with Crippen molar-refractivity contribution in [2.45, 2.75) is 19.4 Å². The predicted molar refractivity (Wildman–Crippen MR) is 124 cm³/mol. The normalized spacial score (nSPS) is 14.5. The molecule has 31 heavy (non-hydrogen) atoms. The molecule has 3 aromatic rings. The van der Waals surface area contributed by atoms with Gasteiger partial charge in [-0.25, -0.2) is 9.78 Å². The van der Waals surface area contributed by atoms with Crippen molar-refractivity contribution in [3.8, 4) is 11.5 Å². The van der Waals surface area contributed by atoms with Crippen LogP contribution in [-0.2, 0) is 6.54 Å². The lowest BCUT2D eigenvalue weighted by Gasteiger charge is -2.31. The summed E-state index contributed by atoms with van der Waals surface area (Å²) in [5.74, 6) is 1.81. The van der Waals surface area contributed by atoms with Gasteiger partial charge in [-0.3, -0.25) is 0 Å². The number of benzene rings is 2. The number of anilines is 1. The Morgan fingerprint density at radius 2 is 1.87 bits per heavy atom. The van der Waals surface area contributed by atoms with Gasteiger partial charge in [0.05, 0.1) is 24.4 Å². The molecule has 2 heterocycles. The predicted octanol–water partition coefficient (Wildman–Crippen LogP) is 4.03. The third-order valence-electron chi connectivity index (χ3n) is 5.62. The Hall–Kier alpha value is -3.00. The van der Waals surface area contributed by atoms with Crippen molar-refractivity contribution in [1.82, 2.24) is 15.6 Å². The van der Waals surface area contributed by atoms with Crippen molar-refractivity contribution in [2.24, 2.45) is 5.92 Å². The number of fused-ring (bicyclic) bond motifs is 1. The largest absolute Gasteiger partial charge is 0.493 e. The topological polar surface area (TPSA) is 75.7 Å². The number of amides is 2. The van der Waals surface area contributed by atoms with Gasteiger partial charge in [-0.2, -0.15) is 0 Å². The number of piperidine rings is 1. The van der Waals surface area contributed by atoms with Gasteiger partial charge < -0.3 is 25.0 Å². The molecule has 4 rings (SSSR count). The molecule has 2 N–H and O–H groups in total. The number of para-hydroxylation sites is 1. The molecule has 0 saturated carbocycles. The molecule has 7 nitrogen and oxygen atoms in total. The monoisotopic (exact) mass is 440 g/mol. The summed E-state index contributed by atoms with van der Waals surface area (Å²) >= 11 is 1.75. The number of methoxy groups -OCH3 is 2. The Balaban J connectivity index is 1.20. The summed E-state index contributed by atoms with van der Waals surface area (Å²) in [4.78, 5) is 19.3. The van der Waals surface area contributed by atoms with Gasteiger partial charge in [0.15, 0.2) is 16.6 Å². The first-order valence-corrected chi connectivity index (χ1v) is 11.3. The van der Waals surface area contributed by atoms with Crippen molar-refractivity contribution in [3.63, 3.8) is 0 Å². The molecule has 2 aromatic carbocycles. The van der Waals surface area contributed by atoms with E-state index in [4.69, 9.17) is 14.5 Å². The SMILES string of the molecule is COc1ccc(CNC(=O)NCC2CCN(c3nc4ccccc4s3)CC2)cc1OC. The zero-order valence-corrected chi connectivity index (χ0v) is 18.7. The van der Waals surface area contributed by atoms with Crippen LogP contribution in [0.1, 0.15) is 18.4 Å². The van der Waals surface area contributed by atoms with E-state index < -0.39 is 0 Å². The number of aromatic nitrogens is 1. The molecule has 0 atom stereocenters. The second-order valence-electron chi connectivity index (χ2n) is 7.65. The molecule has 2 amide bonds. The number of carbonyl (C=O) groups is 1. The first-order valence-electron chi connectivity index (χ1n) is 10.5. The maximum Gasteiger partial charge on any atom is 0.315 e. The second-order valence-corrected chi connectivity index (χ2v) is 8.66. The Labute approximate surface area is 186 Å². The molecular formula is C23H28N4O3S. The average molecular weight is 441 g/mol. The van der Waals surface area contributed by atoms with E-state index in [9.17, 15) is 4.79 Å². The van der Waals surface area contributed by atoms with Crippen molar-refractivity contribution in [2.75, 3.05) is 38.8 Å². The summed E-state index contributed by atoms with van der Waals surface area (Å²) in [6.45, 7) is 3.06. The van der Waals surface area contributed by atoms with Gasteiger partial charge in [0.2, 0.25) is 0 Å². The van der Waals surface area contributed by atoms with Crippen LogP contribution in [0.4, 0.5) is 9.93 Å². The molecule has 0 aliphatic carbocycles. The zero-order valence-electron chi connectivity index (χ0n) is 17.9. The van der Waals surface area contributed by atoms with Crippen LogP contribution in [0.15, 0.2) is 42.5 Å². The van der Waals surface area contributed by atoms with E-state index in [1.54, 1.807) is 25.6 Å². The van der Waals surface area contributed by atoms with Crippen LogP contribution in [0, 0.1) is 5.92 Å². The number of rotatable bonds is 7. The van der Waals surface area contributed by atoms with Crippen LogP contribution in [-0.4, -0.2) is 44.9 Å². The van der Waals surface area contributed by atoms with Crippen LogP contribution >= 0.6 is 11.3 Å². The Morgan fingerprint density at radius 1 is 1.10 bits per heavy atom. The lowest BCUT2D eigenvalue weighted by molar-refractivity contribution is 0.237. The maximum absolute atomic E-state index is 12.2.